The number of thioether (sulfide) groups is 1. The Kier molecular flexibility index (Phi) is 11.3. The molecule has 7 nitrogen and oxygen atoms in total. The number of imide groups is 1. The number of esters is 1. The summed E-state index contributed by atoms with van der Waals surface area (Å²) < 4.78 is 5.32. The van der Waals surface area contributed by atoms with E-state index in [-0.39, 0.29) is 17.6 Å². The topological polar surface area (TPSA) is 110 Å². The number of amides is 2. The van der Waals surface area contributed by atoms with Crippen molar-refractivity contribution in [3.05, 3.63) is 107 Å². The highest BCUT2D eigenvalue weighted by molar-refractivity contribution is 8.18. The standard InChI is InChI=1S/C20H17NO4S.C10H12O2/c22-18(8-4-7-14-5-2-1-3-6-14)25-16-11-9-15(10-12-16)13-17-19(23)21-20(24)26-17;11-10(12)8-4-7-9-5-2-1-3-6-9/h1-3,5-6,9-13H,4,7-8H2,(H,21,23,24);1-3,5-6H,4,7-8H2,(H,11,12)/b17-13-;. The van der Waals surface area contributed by atoms with Gasteiger partial charge in [0.1, 0.15) is 5.75 Å². The number of aryl methyl sites for hydroxylation is 2. The quantitative estimate of drug-likeness (QED) is 0.187. The van der Waals surface area contributed by atoms with Crippen molar-refractivity contribution >= 4 is 40.9 Å². The Hall–Kier alpha value is -4.17. The molecule has 0 bridgehead atoms. The molecule has 196 valence electrons. The first-order valence-corrected chi connectivity index (χ1v) is 13.1. The van der Waals surface area contributed by atoms with Crippen LogP contribution in [0.15, 0.2) is 89.8 Å². The van der Waals surface area contributed by atoms with Gasteiger partial charge in [-0.1, -0.05) is 72.8 Å². The normalized spacial score (nSPS) is 13.4. The second kappa shape index (κ2) is 15.2. The lowest BCUT2D eigenvalue weighted by Crippen LogP contribution is -2.17. The van der Waals surface area contributed by atoms with Crippen LogP contribution >= 0.6 is 11.8 Å². The second-order valence-corrected chi connectivity index (χ2v) is 9.48. The van der Waals surface area contributed by atoms with E-state index in [2.05, 4.69) is 5.32 Å². The molecule has 2 N–H and O–H groups in total. The van der Waals surface area contributed by atoms with E-state index in [9.17, 15) is 19.2 Å². The van der Waals surface area contributed by atoms with Crippen LogP contribution in [0.5, 0.6) is 5.75 Å². The average Bonchev–Trinajstić information content (AvgIpc) is 3.22. The molecule has 1 aliphatic rings. The second-order valence-electron chi connectivity index (χ2n) is 8.47. The third-order valence-corrected chi connectivity index (χ3v) is 6.25. The van der Waals surface area contributed by atoms with Crippen LogP contribution in [0.3, 0.4) is 0 Å². The van der Waals surface area contributed by atoms with E-state index in [0.29, 0.717) is 17.1 Å². The smallest absolute Gasteiger partial charge is 0.311 e. The number of carboxylic acid groups (broad SMARTS) is 1. The van der Waals surface area contributed by atoms with Crippen molar-refractivity contribution in [1.29, 1.82) is 0 Å². The number of carbonyl (C=O) groups excluding carboxylic acids is 3. The summed E-state index contributed by atoms with van der Waals surface area (Å²) in [5.41, 5.74) is 3.16. The molecule has 2 amide bonds. The lowest BCUT2D eigenvalue weighted by molar-refractivity contribution is -0.137. The third kappa shape index (κ3) is 10.4. The van der Waals surface area contributed by atoms with Gasteiger partial charge in [0, 0.05) is 12.8 Å². The number of ether oxygens (including phenoxy) is 1. The van der Waals surface area contributed by atoms with E-state index < -0.39 is 11.9 Å². The maximum absolute atomic E-state index is 11.9. The summed E-state index contributed by atoms with van der Waals surface area (Å²) in [7, 11) is 0. The molecule has 1 aliphatic heterocycles. The molecule has 0 saturated carbocycles. The van der Waals surface area contributed by atoms with Crippen LogP contribution in [0.25, 0.3) is 6.08 Å². The van der Waals surface area contributed by atoms with Gasteiger partial charge >= 0.3 is 11.9 Å². The zero-order valence-corrected chi connectivity index (χ0v) is 21.6. The van der Waals surface area contributed by atoms with Gasteiger partial charge in [-0.3, -0.25) is 24.5 Å². The number of aliphatic carboxylic acids is 1. The minimum Gasteiger partial charge on any atom is -0.481 e. The van der Waals surface area contributed by atoms with Gasteiger partial charge in [0.05, 0.1) is 4.91 Å². The maximum Gasteiger partial charge on any atom is 0.311 e. The number of carboxylic acids is 1. The molecular weight excluding hydrogens is 502 g/mol. The zero-order chi connectivity index (χ0) is 27.2. The maximum atomic E-state index is 11.9. The van der Waals surface area contributed by atoms with E-state index in [0.717, 1.165) is 43.0 Å². The highest BCUT2D eigenvalue weighted by Gasteiger charge is 2.24. The van der Waals surface area contributed by atoms with E-state index in [1.54, 1.807) is 30.3 Å². The highest BCUT2D eigenvalue weighted by Crippen LogP contribution is 2.26. The number of hydrogen-bond donors (Lipinski definition) is 2. The molecule has 0 atom stereocenters. The minimum absolute atomic E-state index is 0.259. The number of hydrogen-bond acceptors (Lipinski definition) is 6. The van der Waals surface area contributed by atoms with Crippen molar-refractivity contribution in [1.82, 2.24) is 5.32 Å². The van der Waals surface area contributed by atoms with Crippen LogP contribution in [-0.4, -0.2) is 28.2 Å². The summed E-state index contributed by atoms with van der Waals surface area (Å²) in [5, 5.41) is 10.2. The Morgan fingerprint density at radius 1 is 0.789 bits per heavy atom. The number of rotatable bonds is 10. The molecule has 0 spiro atoms. The first-order valence-electron chi connectivity index (χ1n) is 12.2. The fourth-order valence-corrected chi connectivity index (χ4v) is 4.24. The van der Waals surface area contributed by atoms with Crippen LogP contribution in [0.2, 0.25) is 0 Å². The molecule has 1 fully saturated rings. The van der Waals surface area contributed by atoms with Gasteiger partial charge in [-0.15, -0.1) is 0 Å². The van der Waals surface area contributed by atoms with Gasteiger partial charge < -0.3 is 9.84 Å². The zero-order valence-electron chi connectivity index (χ0n) is 20.8. The largest absolute Gasteiger partial charge is 0.481 e. The molecule has 0 aliphatic carbocycles. The summed E-state index contributed by atoms with van der Waals surface area (Å²) in [6.45, 7) is 0. The molecule has 38 heavy (non-hydrogen) atoms. The number of benzene rings is 3. The van der Waals surface area contributed by atoms with Crippen LogP contribution in [0, 0.1) is 0 Å². The third-order valence-electron chi connectivity index (χ3n) is 5.44. The molecule has 1 saturated heterocycles. The summed E-state index contributed by atoms with van der Waals surface area (Å²) >= 11 is 0.867. The Labute approximate surface area is 225 Å². The first kappa shape index (κ1) is 28.4. The summed E-state index contributed by atoms with van der Waals surface area (Å²) in [4.78, 5) is 45.1. The fourth-order valence-electron chi connectivity index (χ4n) is 3.56. The van der Waals surface area contributed by atoms with Gasteiger partial charge in [-0.2, -0.15) is 0 Å². The molecular formula is C30H29NO6S. The Bertz CT molecular complexity index is 1260. The van der Waals surface area contributed by atoms with Crippen molar-refractivity contribution in [3.63, 3.8) is 0 Å². The lowest BCUT2D eigenvalue weighted by atomic mass is 10.1. The Morgan fingerprint density at radius 2 is 1.34 bits per heavy atom. The van der Waals surface area contributed by atoms with E-state index in [1.807, 2.05) is 60.7 Å². The van der Waals surface area contributed by atoms with E-state index >= 15 is 0 Å². The van der Waals surface area contributed by atoms with Crippen LogP contribution in [-0.2, 0) is 27.2 Å². The predicted octanol–water partition coefficient (Wildman–Crippen LogP) is 6.03. The van der Waals surface area contributed by atoms with Gasteiger partial charge in [0.15, 0.2) is 0 Å². The van der Waals surface area contributed by atoms with Crippen molar-refractivity contribution < 1.29 is 29.0 Å². The van der Waals surface area contributed by atoms with Crippen molar-refractivity contribution in [3.8, 4) is 5.75 Å². The highest BCUT2D eigenvalue weighted by atomic mass is 32.2. The summed E-state index contributed by atoms with van der Waals surface area (Å²) in [6.07, 6.45) is 5.37. The fraction of sp³-hybridized carbons (Fsp3) is 0.200. The SMILES string of the molecule is O=C(CCCc1ccccc1)Oc1ccc(/C=C2\SC(=O)NC2=O)cc1.O=C(O)CCCc1ccccc1. The van der Waals surface area contributed by atoms with Gasteiger partial charge in [-0.25, -0.2) is 0 Å². The van der Waals surface area contributed by atoms with Crippen LogP contribution in [0.1, 0.15) is 42.4 Å². The number of carbonyl (C=O) groups is 4. The van der Waals surface area contributed by atoms with Gasteiger partial charge in [-0.05, 0) is 72.3 Å². The minimum atomic E-state index is -0.717. The van der Waals surface area contributed by atoms with Crippen molar-refractivity contribution in [2.75, 3.05) is 0 Å². The van der Waals surface area contributed by atoms with Crippen molar-refractivity contribution in [2.45, 2.75) is 38.5 Å². The van der Waals surface area contributed by atoms with Gasteiger partial charge in [0.25, 0.3) is 11.1 Å². The Balaban J connectivity index is 0.000000279. The first-order chi connectivity index (χ1) is 18.4. The summed E-state index contributed by atoms with van der Waals surface area (Å²) in [5.74, 6) is -0.931. The molecule has 3 aromatic carbocycles. The Morgan fingerprint density at radius 3 is 1.84 bits per heavy atom. The molecule has 0 aromatic heterocycles. The lowest BCUT2D eigenvalue weighted by Gasteiger charge is -2.05. The van der Waals surface area contributed by atoms with Gasteiger partial charge in [0.2, 0.25) is 0 Å². The van der Waals surface area contributed by atoms with Crippen molar-refractivity contribution in [2.24, 2.45) is 0 Å². The molecule has 1 heterocycles. The van der Waals surface area contributed by atoms with Crippen LogP contribution in [0.4, 0.5) is 4.79 Å². The molecule has 0 unspecified atom stereocenters. The summed E-state index contributed by atoms with van der Waals surface area (Å²) in [6, 6.07) is 26.7. The average molecular weight is 532 g/mol. The number of nitrogens with one attached hydrogen (secondary N) is 1. The molecule has 8 heteroatoms. The molecule has 3 aromatic rings. The molecule has 4 rings (SSSR count). The monoisotopic (exact) mass is 531 g/mol. The van der Waals surface area contributed by atoms with Crippen LogP contribution < -0.4 is 10.1 Å². The van der Waals surface area contributed by atoms with E-state index in [1.165, 1.54) is 11.1 Å². The molecule has 0 radical (unpaired) electrons. The predicted molar refractivity (Wildman–Crippen MR) is 148 cm³/mol. The van der Waals surface area contributed by atoms with E-state index in [4.69, 9.17) is 9.84 Å².